The molecule has 0 amide bonds. The van der Waals surface area contributed by atoms with Crippen LogP contribution in [0.4, 0.5) is 11.4 Å². The van der Waals surface area contributed by atoms with E-state index in [9.17, 15) is 8.42 Å². The number of nitrogens with one attached hydrogen (secondary N) is 4. The van der Waals surface area contributed by atoms with Crippen LogP contribution in [0.15, 0.2) is 53.4 Å². The highest BCUT2D eigenvalue weighted by Crippen LogP contribution is 2.29. The van der Waals surface area contributed by atoms with Gasteiger partial charge in [0.1, 0.15) is 0 Å². The van der Waals surface area contributed by atoms with Gasteiger partial charge in [-0.2, -0.15) is 0 Å². The van der Waals surface area contributed by atoms with Gasteiger partial charge in [0.2, 0.25) is 10.0 Å². The van der Waals surface area contributed by atoms with Gasteiger partial charge in [-0.05, 0) is 43.7 Å². The van der Waals surface area contributed by atoms with E-state index < -0.39 is 10.0 Å². The molecule has 8 heteroatoms. The monoisotopic (exact) mass is 452 g/mol. The minimum Gasteiger partial charge on any atom is -0.381 e. The van der Waals surface area contributed by atoms with Gasteiger partial charge in [0.05, 0.1) is 16.3 Å². The van der Waals surface area contributed by atoms with Gasteiger partial charge in [-0.15, -0.1) is 12.4 Å². The third-order valence-electron chi connectivity index (χ3n) is 5.26. The van der Waals surface area contributed by atoms with E-state index in [-0.39, 0.29) is 17.3 Å². The Hall–Kier alpha value is -1.80. The molecule has 0 radical (unpaired) electrons. The maximum Gasteiger partial charge on any atom is 0.240 e. The number of sulfonamides is 1. The highest BCUT2D eigenvalue weighted by Gasteiger charge is 2.18. The Morgan fingerprint density at radius 3 is 2.37 bits per heavy atom. The lowest BCUT2D eigenvalue weighted by Crippen LogP contribution is -2.30. The van der Waals surface area contributed by atoms with Gasteiger partial charge in [0.25, 0.3) is 0 Å². The van der Waals surface area contributed by atoms with Gasteiger partial charge in [-0.25, -0.2) is 13.1 Å². The number of hydrogen-bond donors (Lipinski definition) is 4. The van der Waals surface area contributed by atoms with Crippen LogP contribution in [0, 0.1) is 0 Å². The Morgan fingerprint density at radius 2 is 1.67 bits per heavy atom. The zero-order valence-electron chi connectivity index (χ0n) is 17.5. The lowest BCUT2D eigenvalue weighted by atomic mass is 9.95. The van der Waals surface area contributed by atoms with E-state index in [0.29, 0.717) is 25.7 Å². The first-order valence-electron chi connectivity index (χ1n) is 10.4. The lowest BCUT2D eigenvalue weighted by molar-refractivity contribution is 0.463. The number of hydrogen-bond acceptors (Lipinski definition) is 5. The van der Waals surface area contributed by atoms with E-state index in [1.54, 1.807) is 19.2 Å². The molecule has 0 bridgehead atoms. The molecule has 0 spiro atoms. The molecule has 0 heterocycles. The normalized spacial score (nSPS) is 14.7. The van der Waals surface area contributed by atoms with Crippen LogP contribution in [0.2, 0.25) is 0 Å². The van der Waals surface area contributed by atoms with E-state index in [1.807, 2.05) is 24.3 Å². The number of rotatable bonds is 10. The van der Waals surface area contributed by atoms with Crippen molar-refractivity contribution in [2.24, 2.45) is 0 Å². The average molecular weight is 453 g/mol. The molecular formula is C22H33ClN4O2S. The van der Waals surface area contributed by atoms with Crippen LogP contribution in [0.3, 0.4) is 0 Å². The maximum atomic E-state index is 12.6. The van der Waals surface area contributed by atoms with Crippen molar-refractivity contribution in [2.45, 2.75) is 49.6 Å². The first-order valence-corrected chi connectivity index (χ1v) is 11.9. The Bertz CT molecular complexity index is 872. The minimum absolute atomic E-state index is 0. The van der Waals surface area contributed by atoms with E-state index in [2.05, 4.69) is 32.8 Å². The van der Waals surface area contributed by atoms with Crippen molar-refractivity contribution in [2.75, 3.05) is 30.8 Å². The summed E-state index contributed by atoms with van der Waals surface area (Å²) in [4.78, 5) is 0.276. The third-order valence-corrected chi connectivity index (χ3v) is 6.72. The minimum atomic E-state index is -3.55. The summed E-state index contributed by atoms with van der Waals surface area (Å²) in [6, 6.07) is 15.9. The second-order valence-electron chi connectivity index (χ2n) is 7.53. The summed E-state index contributed by atoms with van der Waals surface area (Å²) >= 11 is 0. The van der Waals surface area contributed by atoms with Crippen molar-refractivity contribution >= 4 is 33.8 Å². The molecule has 30 heavy (non-hydrogen) atoms. The highest BCUT2D eigenvalue weighted by molar-refractivity contribution is 7.89. The molecule has 0 aromatic heterocycles. The van der Waals surface area contributed by atoms with Crippen molar-refractivity contribution in [3.63, 3.8) is 0 Å². The Balaban J connectivity index is 0.00000320. The molecule has 4 N–H and O–H groups in total. The molecule has 2 aromatic rings. The number of halogens is 1. The Morgan fingerprint density at radius 1 is 0.933 bits per heavy atom. The molecule has 0 aliphatic heterocycles. The first kappa shape index (κ1) is 24.5. The van der Waals surface area contributed by atoms with Gasteiger partial charge in [-0.3, -0.25) is 0 Å². The van der Waals surface area contributed by atoms with Gasteiger partial charge in [0, 0.05) is 25.7 Å². The quantitative estimate of drug-likeness (QED) is 0.410. The van der Waals surface area contributed by atoms with Crippen molar-refractivity contribution in [3.8, 4) is 0 Å². The number of anilines is 2. The molecular weight excluding hydrogens is 420 g/mol. The van der Waals surface area contributed by atoms with Gasteiger partial charge in [-0.1, -0.05) is 49.6 Å². The smallest absolute Gasteiger partial charge is 0.240 e. The summed E-state index contributed by atoms with van der Waals surface area (Å²) in [5.74, 6) is 0. The van der Waals surface area contributed by atoms with Crippen molar-refractivity contribution in [1.82, 2.24) is 10.0 Å². The fourth-order valence-electron chi connectivity index (χ4n) is 3.62. The third kappa shape index (κ3) is 7.16. The summed E-state index contributed by atoms with van der Waals surface area (Å²) < 4.78 is 27.9. The fourth-order valence-corrected chi connectivity index (χ4v) is 4.67. The SMILES string of the molecule is CNCCNS(=O)(=O)c1ccc(NC2CCCCC2)c(NCc2ccccc2)c1.Cl. The van der Waals surface area contributed by atoms with Crippen LogP contribution in [0.5, 0.6) is 0 Å². The fraction of sp³-hybridized carbons (Fsp3) is 0.455. The molecule has 0 unspecified atom stereocenters. The van der Waals surface area contributed by atoms with Crippen LogP contribution in [0.1, 0.15) is 37.7 Å². The van der Waals surface area contributed by atoms with Crippen molar-refractivity contribution in [1.29, 1.82) is 0 Å². The van der Waals surface area contributed by atoms with E-state index in [4.69, 9.17) is 0 Å². The molecule has 6 nitrogen and oxygen atoms in total. The van der Waals surface area contributed by atoms with E-state index in [1.165, 1.54) is 19.3 Å². The van der Waals surface area contributed by atoms with Gasteiger partial charge in [0.15, 0.2) is 0 Å². The average Bonchev–Trinajstić information content (AvgIpc) is 2.74. The predicted octanol–water partition coefficient (Wildman–Crippen LogP) is 3.96. The molecule has 166 valence electrons. The standard InChI is InChI=1S/C22H32N4O2S.ClH/c1-23-14-15-25-29(27,28)20-12-13-21(26-19-10-6-3-7-11-19)22(16-20)24-17-18-8-4-2-5-9-18;/h2,4-5,8-9,12-13,16,19,23-26H,3,6-7,10-11,14-15,17H2,1H3;1H. The van der Waals surface area contributed by atoms with Crippen LogP contribution in [-0.2, 0) is 16.6 Å². The van der Waals surface area contributed by atoms with E-state index in [0.717, 1.165) is 29.8 Å². The molecule has 0 atom stereocenters. The number of benzene rings is 2. The van der Waals surface area contributed by atoms with Crippen molar-refractivity contribution in [3.05, 3.63) is 54.1 Å². The second kappa shape index (κ2) is 12.2. The largest absolute Gasteiger partial charge is 0.381 e. The second-order valence-corrected chi connectivity index (χ2v) is 9.29. The van der Waals surface area contributed by atoms with Crippen molar-refractivity contribution < 1.29 is 8.42 Å². The lowest BCUT2D eigenvalue weighted by Gasteiger charge is -2.25. The molecule has 0 saturated heterocycles. The molecule has 3 rings (SSSR count). The van der Waals surface area contributed by atoms with Crippen LogP contribution in [-0.4, -0.2) is 34.6 Å². The molecule has 2 aromatic carbocycles. The Labute approximate surface area is 186 Å². The predicted molar refractivity (Wildman–Crippen MR) is 127 cm³/mol. The zero-order valence-corrected chi connectivity index (χ0v) is 19.1. The molecule has 1 saturated carbocycles. The summed E-state index contributed by atoms with van der Waals surface area (Å²) in [7, 11) is -1.75. The summed E-state index contributed by atoms with van der Waals surface area (Å²) in [6.07, 6.45) is 6.10. The van der Waals surface area contributed by atoms with Gasteiger partial charge < -0.3 is 16.0 Å². The zero-order chi connectivity index (χ0) is 20.5. The topological polar surface area (TPSA) is 82.3 Å². The highest BCUT2D eigenvalue weighted by atomic mass is 35.5. The molecule has 1 aliphatic carbocycles. The number of likely N-dealkylation sites (N-methyl/N-ethyl adjacent to an activating group) is 1. The maximum absolute atomic E-state index is 12.6. The Kier molecular flexibility index (Phi) is 9.91. The van der Waals surface area contributed by atoms with Crippen LogP contribution < -0.4 is 20.7 Å². The molecule has 1 aliphatic rings. The summed E-state index contributed by atoms with van der Waals surface area (Å²) in [5, 5.41) is 10.0. The van der Waals surface area contributed by atoms with Crippen LogP contribution in [0.25, 0.3) is 0 Å². The summed E-state index contributed by atoms with van der Waals surface area (Å²) in [6.45, 7) is 1.57. The summed E-state index contributed by atoms with van der Waals surface area (Å²) in [5.41, 5.74) is 2.93. The van der Waals surface area contributed by atoms with Crippen LogP contribution >= 0.6 is 12.4 Å². The first-order chi connectivity index (χ1) is 14.1. The molecule has 1 fully saturated rings. The van der Waals surface area contributed by atoms with Gasteiger partial charge >= 0.3 is 0 Å². The van der Waals surface area contributed by atoms with E-state index >= 15 is 0 Å².